The zero-order chi connectivity index (χ0) is 14.7. The van der Waals surface area contributed by atoms with Crippen LogP contribution in [0.2, 0.25) is 0 Å². The summed E-state index contributed by atoms with van der Waals surface area (Å²) in [4.78, 5) is 16.3. The van der Waals surface area contributed by atoms with Crippen molar-refractivity contribution >= 4 is 17.3 Å². The van der Waals surface area contributed by atoms with E-state index in [1.807, 2.05) is 55.1 Å². The van der Waals surface area contributed by atoms with Gasteiger partial charge >= 0.3 is 0 Å². The standard InChI is InChI=1S/C15H21N3O2/c1-11-10-18(9-8-14(11)16-20)15(19)12-4-6-13(7-5-12)17(2)3/h4-7,11,20H,8-10H2,1-3H3/b16-14+. The number of anilines is 1. The SMILES string of the molecule is CC1CN(C(=O)c2ccc(N(C)C)cc2)CC/C1=N\O. The van der Waals surface area contributed by atoms with Crippen molar-refractivity contribution in [1.29, 1.82) is 0 Å². The van der Waals surface area contributed by atoms with Crippen LogP contribution in [0.15, 0.2) is 29.4 Å². The third kappa shape index (κ3) is 2.92. The Morgan fingerprint density at radius 1 is 1.35 bits per heavy atom. The number of nitrogens with zero attached hydrogens (tertiary/aromatic N) is 3. The maximum atomic E-state index is 12.4. The minimum absolute atomic E-state index is 0.0409. The van der Waals surface area contributed by atoms with Crippen molar-refractivity contribution < 1.29 is 10.0 Å². The molecule has 2 rings (SSSR count). The summed E-state index contributed by atoms with van der Waals surface area (Å²) in [5.41, 5.74) is 2.55. The topological polar surface area (TPSA) is 56.1 Å². The van der Waals surface area contributed by atoms with E-state index in [-0.39, 0.29) is 11.8 Å². The number of carbonyl (C=O) groups is 1. The largest absolute Gasteiger partial charge is 0.411 e. The number of piperidine rings is 1. The number of benzene rings is 1. The molecule has 0 aromatic heterocycles. The number of carbonyl (C=O) groups excluding carboxylic acids is 1. The lowest BCUT2D eigenvalue weighted by Gasteiger charge is -2.31. The van der Waals surface area contributed by atoms with Crippen molar-refractivity contribution in [1.82, 2.24) is 4.90 Å². The molecule has 0 saturated carbocycles. The smallest absolute Gasteiger partial charge is 0.253 e. The van der Waals surface area contributed by atoms with Gasteiger partial charge in [0.25, 0.3) is 5.91 Å². The van der Waals surface area contributed by atoms with Gasteiger partial charge in [0.2, 0.25) is 0 Å². The zero-order valence-corrected chi connectivity index (χ0v) is 12.2. The van der Waals surface area contributed by atoms with Gasteiger partial charge in [-0.3, -0.25) is 4.79 Å². The average Bonchev–Trinajstić information content (AvgIpc) is 2.46. The predicted octanol–water partition coefficient (Wildman–Crippen LogP) is 2.06. The molecule has 1 unspecified atom stereocenters. The molecule has 1 aliphatic heterocycles. The summed E-state index contributed by atoms with van der Waals surface area (Å²) in [5, 5.41) is 12.2. The van der Waals surface area contributed by atoms with Crippen LogP contribution in [0.1, 0.15) is 23.7 Å². The van der Waals surface area contributed by atoms with E-state index in [9.17, 15) is 4.79 Å². The van der Waals surface area contributed by atoms with E-state index in [0.29, 0.717) is 25.1 Å². The summed E-state index contributed by atoms with van der Waals surface area (Å²) in [6, 6.07) is 7.61. The second-order valence-corrected chi connectivity index (χ2v) is 5.43. The Bertz CT molecular complexity index is 508. The third-order valence-electron chi connectivity index (χ3n) is 3.75. The molecule has 1 aromatic rings. The molecule has 5 heteroatoms. The van der Waals surface area contributed by atoms with Gasteiger partial charge in [-0.15, -0.1) is 0 Å². The molecule has 1 heterocycles. The molecule has 0 aliphatic carbocycles. The van der Waals surface area contributed by atoms with Crippen LogP contribution in [0.3, 0.4) is 0 Å². The highest BCUT2D eigenvalue weighted by molar-refractivity contribution is 5.96. The van der Waals surface area contributed by atoms with Gasteiger partial charge in [0.05, 0.1) is 5.71 Å². The highest BCUT2D eigenvalue weighted by Crippen LogP contribution is 2.18. The van der Waals surface area contributed by atoms with E-state index < -0.39 is 0 Å². The summed E-state index contributed by atoms with van der Waals surface area (Å²) >= 11 is 0. The molecule has 108 valence electrons. The van der Waals surface area contributed by atoms with Gasteiger partial charge in [0, 0.05) is 50.8 Å². The number of rotatable bonds is 2. The van der Waals surface area contributed by atoms with E-state index in [1.165, 1.54) is 0 Å². The molecule has 1 aromatic carbocycles. The Labute approximate surface area is 119 Å². The van der Waals surface area contributed by atoms with Crippen molar-refractivity contribution in [3.63, 3.8) is 0 Å². The summed E-state index contributed by atoms with van der Waals surface area (Å²) < 4.78 is 0. The Morgan fingerprint density at radius 3 is 2.50 bits per heavy atom. The van der Waals surface area contributed by atoms with Crippen LogP contribution in [0.4, 0.5) is 5.69 Å². The lowest BCUT2D eigenvalue weighted by molar-refractivity contribution is 0.0734. The van der Waals surface area contributed by atoms with Gasteiger partial charge in [-0.2, -0.15) is 0 Å². The Hall–Kier alpha value is -2.04. The highest BCUT2D eigenvalue weighted by atomic mass is 16.4. The van der Waals surface area contributed by atoms with E-state index in [4.69, 9.17) is 5.21 Å². The van der Waals surface area contributed by atoms with E-state index in [1.54, 1.807) is 0 Å². The van der Waals surface area contributed by atoms with Crippen molar-refractivity contribution in [3.8, 4) is 0 Å². The molecular weight excluding hydrogens is 254 g/mol. The maximum Gasteiger partial charge on any atom is 0.253 e. The van der Waals surface area contributed by atoms with Crippen LogP contribution in [-0.4, -0.2) is 48.9 Å². The monoisotopic (exact) mass is 275 g/mol. The number of likely N-dealkylation sites (tertiary alicyclic amines) is 1. The molecule has 0 radical (unpaired) electrons. The van der Waals surface area contributed by atoms with Gasteiger partial charge in [0.1, 0.15) is 0 Å². The molecule has 0 spiro atoms. The maximum absolute atomic E-state index is 12.4. The molecular formula is C15H21N3O2. The fourth-order valence-corrected chi connectivity index (χ4v) is 2.44. The van der Waals surface area contributed by atoms with Gasteiger partial charge in [-0.1, -0.05) is 12.1 Å². The molecule has 1 fully saturated rings. The van der Waals surface area contributed by atoms with Gasteiger partial charge in [-0.25, -0.2) is 0 Å². The molecule has 1 saturated heterocycles. The highest BCUT2D eigenvalue weighted by Gasteiger charge is 2.26. The number of hydrogen-bond acceptors (Lipinski definition) is 4. The second kappa shape index (κ2) is 5.94. The Balaban J connectivity index is 2.08. The average molecular weight is 275 g/mol. The zero-order valence-electron chi connectivity index (χ0n) is 12.2. The van der Waals surface area contributed by atoms with Crippen molar-refractivity contribution in [2.24, 2.45) is 11.1 Å². The number of oxime groups is 1. The fraction of sp³-hybridized carbons (Fsp3) is 0.467. The summed E-state index contributed by atoms with van der Waals surface area (Å²) in [6.45, 7) is 3.19. The summed E-state index contributed by atoms with van der Waals surface area (Å²) in [7, 11) is 3.94. The van der Waals surface area contributed by atoms with Gasteiger partial charge < -0.3 is 15.0 Å². The molecule has 1 atom stereocenters. The molecule has 1 aliphatic rings. The minimum Gasteiger partial charge on any atom is -0.411 e. The first-order valence-electron chi connectivity index (χ1n) is 6.80. The lowest BCUT2D eigenvalue weighted by Crippen LogP contribution is -2.43. The second-order valence-electron chi connectivity index (χ2n) is 5.43. The van der Waals surface area contributed by atoms with Crippen LogP contribution in [0.25, 0.3) is 0 Å². The normalized spacial score (nSPS) is 21.1. The van der Waals surface area contributed by atoms with Crippen LogP contribution in [0.5, 0.6) is 0 Å². The van der Waals surface area contributed by atoms with Crippen LogP contribution in [0, 0.1) is 5.92 Å². The summed E-state index contributed by atoms with van der Waals surface area (Å²) in [6.07, 6.45) is 0.638. The van der Waals surface area contributed by atoms with Crippen LogP contribution in [-0.2, 0) is 0 Å². The van der Waals surface area contributed by atoms with Crippen LogP contribution < -0.4 is 4.90 Å². The van der Waals surface area contributed by atoms with Gasteiger partial charge in [0.15, 0.2) is 0 Å². The van der Waals surface area contributed by atoms with Crippen LogP contribution >= 0.6 is 0 Å². The Kier molecular flexibility index (Phi) is 4.27. The van der Waals surface area contributed by atoms with E-state index in [0.717, 1.165) is 11.4 Å². The quantitative estimate of drug-likeness (QED) is 0.664. The first-order chi connectivity index (χ1) is 9.52. The first kappa shape index (κ1) is 14.4. The molecule has 1 amide bonds. The van der Waals surface area contributed by atoms with Gasteiger partial charge in [-0.05, 0) is 24.3 Å². The van der Waals surface area contributed by atoms with Crippen molar-refractivity contribution in [2.75, 3.05) is 32.1 Å². The summed E-state index contributed by atoms with van der Waals surface area (Å²) in [5.74, 6) is 0.151. The molecule has 1 N–H and O–H groups in total. The predicted molar refractivity (Wildman–Crippen MR) is 79.7 cm³/mol. The molecule has 0 bridgehead atoms. The molecule has 20 heavy (non-hydrogen) atoms. The fourth-order valence-electron chi connectivity index (χ4n) is 2.44. The Morgan fingerprint density at radius 2 is 2.00 bits per heavy atom. The van der Waals surface area contributed by atoms with Crippen molar-refractivity contribution in [2.45, 2.75) is 13.3 Å². The van der Waals surface area contributed by atoms with E-state index >= 15 is 0 Å². The lowest BCUT2D eigenvalue weighted by atomic mass is 9.97. The first-order valence-corrected chi connectivity index (χ1v) is 6.80. The third-order valence-corrected chi connectivity index (χ3v) is 3.75. The van der Waals surface area contributed by atoms with E-state index in [2.05, 4.69) is 5.16 Å². The van der Waals surface area contributed by atoms with Crippen molar-refractivity contribution in [3.05, 3.63) is 29.8 Å². The number of hydrogen-bond donors (Lipinski definition) is 1. The molecule has 5 nitrogen and oxygen atoms in total. The number of amides is 1. The minimum atomic E-state index is 0.0409.